The second-order valence-electron chi connectivity index (χ2n) is 8.83. The second kappa shape index (κ2) is 6.83. The number of rotatable bonds is 3. The molecule has 1 aliphatic heterocycles. The molecule has 0 amide bonds. The van der Waals surface area contributed by atoms with Crippen molar-refractivity contribution in [3.05, 3.63) is 78.9 Å². The average molecular weight is 396 g/mol. The number of benzene rings is 3. The minimum Gasteiger partial charge on any atom is -0.399 e. The van der Waals surface area contributed by atoms with Crippen molar-refractivity contribution in [2.45, 2.75) is 38.9 Å². The molecule has 5 rings (SSSR count). The van der Waals surface area contributed by atoms with Crippen molar-refractivity contribution in [3.63, 3.8) is 0 Å². The van der Waals surface area contributed by atoms with Gasteiger partial charge in [0.2, 0.25) is 0 Å². The first-order valence-electron chi connectivity index (χ1n) is 10.3. The number of hydrogen-bond acceptors (Lipinski definition) is 3. The SMILES string of the molecule is CC1(C)OB(c2cccc(-c3nn(-c4ccccc4)c4ccccc34)c2)OC1(C)C. The Labute approximate surface area is 177 Å². The van der Waals surface area contributed by atoms with Crippen LogP contribution >= 0.6 is 0 Å². The van der Waals surface area contributed by atoms with Crippen LogP contribution in [0.3, 0.4) is 0 Å². The third-order valence-electron chi connectivity index (χ3n) is 6.27. The molecule has 2 heterocycles. The van der Waals surface area contributed by atoms with E-state index in [9.17, 15) is 0 Å². The first-order chi connectivity index (χ1) is 14.4. The summed E-state index contributed by atoms with van der Waals surface area (Å²) in [7, 11) is -0.391. The third kappa shape index (κ3) is 3.06. The van der Waals surface area contributed by atoms with Crippen LogP contribution in [0, 0.1) is 0 Å². The summed E-state index contributed by atoms with van der Waals surface area (Å²) in [5, 5.41) is 6.11. The van der Waals surface area contributed by atoms with Crippen LogP contribution in [0.2, 0.25) is 0 Å². The zero-order chi connectivity index (χ0) is 20.9. The molecule has 3 aromatic carbocycles. The van der Waals surface area contributed by atoms with Gasteiger partial charge in [-0.05, 0) is 51.4 Å². The molecule has 1 aliphatic rings. The van der Waals surface area contributed by atoms with E-state index in [1.165, 1.54) is 0 Å². The molecule has 0 N–H and O–H groups in total. The first-order valence-corrected chi connectivity index (χ1v) is 10.3. The third-order valence-corrected chi connectivity index (χ3v) is 6.27. The van der Waals surface area contributed by atoms with Gasteiger partial charge in [-0.15, -0.1) is 0 Å². The van der Waals surface area contributed by atoms with Crippen molar-refractivity contribution < 1.29 is 9.31 Å². The zero-order valence-electron chi connectivity index (χ0n) is 17.8. The molecule has 4 nitrogen and oxygen atoms in total. The molecular weight excluding hydrogens is 371 g/mol. The molecule has 5 heteroatoms. The highest BCUT2D eigenvalue weighted by Gasteiger charge is 2.51. The summed E-state index contributed by atoms with van der Waals surface area (Å²) in [6, 6.07) is 26.9. The van der Waals surface area contributed by atoms with E-state index in [1.807, 2.05) is 35.0 Å². The maximum Gasteiger partial charge on any atom is 0.494 e. The van der Waals surface area contributed by atoms with Gasteiger partial charge < -0.3 is 9.31 Å². The van der Waals surface area contributed by atoms with Crippen LogP contribution in [-0.4, -0.2) is 28.1 Å². The van der Waals surface area contributed by atoms with Crippen LogP contribution in [0.4, 0.5) is 0 Å². The van der Waals surface area contributed by atoms with Gasteiger partial charge in [-0.25, -0.2) is 4.68 Å². The predicted molar refractivity (Wildman–Crippen MR) is 122 cm³/mol. The normalized spacial score (nSPS) is 17.5. The van der Waals surface area contributed by atoms with Crippen LogP contribution in [0.5, 0.6) is 0 Å². The van der Waals surface area contributed by atoms with Gasteiger partial charge in [0.05, 0.1) is 22.4 Å². The minimum absolute atomic E-state index is 0.366. The monoisotopic (exact) mass is 396 g/mol. The molecule has 1 aromatic heterocycles. The van der Waals surface area contributed by atoms with Gasteiger partial charge in [-0.2, -0.15) is 5.10 Å². The molecule has 0 aliphatic carbocycles. The fourth-order valence-electron chi connectivity index (χ4n) is 3.86. The lowest BCUT2D eigenvalue weighted by Gasteiger charge is -2.32. The minimum atomic E-state index is -0.391. The Morgan fingerprint density at radius 2 is 1.43 bits per heavy atom. The molecular formula is C25H25BN2O2. The maximum absolute atomic E-state index is 6.26. The van der Waals surface area contributed by atoms with Crippen molar-refractivity contribution in [1.29, 1.82) is 0 Å². The Bertz CT molecular complexity index is 1200. The Kier molecular flexibility index (Phi) is 4.35. The molecule has 0 bridgehead atoms. The van der Waals surface area contributed by atoms with E-state index in [2.05, 4.69) is 76.2 Å². The van der Waals surface area contributed by atoms with Crippen molar-refractivity contribution in [2.75, 3.05) is 0 Å². The van der Waals surface area contributed by atoms with E-state index in [4.69, 9.17) is 14.4 Å². The second-order valence-corrected chi connectivity index (χ2v) is 8.83. The smallest absolute Gasteiger partial charge is 0.399 e. The molecule has 0 spiro atoms. The zero-order valence-corrected chi connectivity index (χ0v) is 17.8. The topological polar surface area (TPSA) is 36.3 Å². The van der Waals surface area contributed by atoms with E-state index in [1.54, 1.807) is 0 Å². The Morgan fingerprint density at radius 1 is 0.767 bits per heavy atom. The molecule has 1 fully saturated rings. The number of fused-ring (bicyclic) bond motifs is 1. The Balaban J connectivity index is 1.60. The van der Waals surface area contributed by atoms with E-state index < -0.39 is 7.12 Å². The van der Waals surface area contributed by atoms with Crippen LogP contribution in [0.1, 0.15) is 27.7 Å². The Hall–Kier alpha value is -2.89. The summed E-state index contributed by atoms with van der Waals surface area (Å²) < 4.78 is 14.5. The lowest BCUT2D eigenvalue weighted by Crippen LogP contribution is -2.41. The van der Waals surface area contributed by atoms with Gasteiger partial charge in [0, 0.05) is 10.9 Å². The molecule has 1 saturated heterocycles. The van der Waals surface area contributed by atoms with Crippen LogP contribution in [0.15, 0.2) is 78.9 Å². The number of para-hydroxylation sites is 2. The summed E-state index contributed by atoms with van der Waals surface area (Å²) in [5.41, 5.74) is 4.40. The molecule has 30 heavy (non-hydrogen) atoms. The summed E-state index contributed by atoms with van der Waals surface area (Å²) in [5.74, 6) is 0. The lowest BCUT2D eigenvalue weighted by molar-refractivity contribution is 0.00578. The van der Waals surface area contributed by atoms with Crippen molar-refractivity contribution >= 4 is 23.5 Å². The highest BCUT2D eigenvalue weighted by molar-refractivity contribution is 6.62. The number of aromatic nitrogens is 2. The van der Waals surface area contributed by atoms with E-state index in [-0.39, 0.29) is 11.2 Å². The molecule has 0 radical (unpaired) electrons. The van der Waals surface area contributed by atoms with Crippen LogP contribution < -0.4 is 5.46 Å². The highest BCUT2D eigenvalue weighted by Crippen LogP contribution is 2.37. The summed E-state index contributed by atoms with van der Waals surface area (Å²) in [4.78, 5) is 0. The molecule has 0 saturated carbocycles. The van der Waals surface area contributed by atoms with Gasteiger partial charge in [-0.1, -0.05) is 60.7 Å². The van der Waals surface area contributed by atoms with Gasteiger partial charge in [0.1, 0.15) is 5.69 Å². The average Bonchev–Trinajstić information content (AvgIpc) is 3.23. The highest BCUT2D eigenvalue weighted by atomic mass is 16.7. The largest absolute Gasteiger partial charge is 0.494 e. The van der Waals surface area contributed by atoms with Gasteiger partial charge in [0.15, 0.2) is 0 Å². The van der Waals surface area contributed by atoms with E-state index in [0.717, 1.165) is 33.3 Å². The van der Waals surface area contributed by atoms with Crippen molar-refractivity contribution in [3.8, 4) is 16.9 Å². The van der Waals surface area contributed by atoms with E-state index in [0.29, 0.717) is 0 Å². The number of hydrogen-bond donors (Lipinski definition) is 0. The van der Waals surface area contributed by atoms with E-state index >= 15 is 0 Å². The van der Waals surface area contributed by atoms with Crippen molar-refractivity contribution in [2.24, 2.45) is 0 Å². The summed E-state index contributed by atoms with van der Waals surface area (Å²) >= 11 is 0. The van der Waals surface area contributed by atoms with Gasteiger partial charge >= 0.3 is 7.12 Å². The molecule has 0 unspecified atom stereocenters. The fraction of sp³-hybridized carbons (Fsp3) is 0.240. The predicted octanol–water partition coefficient (Wildman–Crippen LogP) is 4.99. The summed E-state index contributed by atoms with van der Waals surface area (Å²) in [6.45, 7) is 8.30. The fourth-order valence-corrected chi connectivity index (χ4v) is 3.86. The van der Waals surface area contributed by atoms with Crippen LogP contribution in [0.25, 0.3) is 27.8 Å². The van der Waals surface area contributed by atoms with Gasteiger partial charge in [0.25, 0.3) is 0 Å². The standard InChI is InChI=1S/C25H25BN2O2/c1-24(2)25(3,4)30-26(29-24)19-12-10-11-18(17-19)23-21-15-8-9-16-22(21)28(27-23)20-13-6-5-7-14-20/h5-17H,1-4H3. The van der Waals surface area contributed by atoms with Gasteiger partial charge in [-0.3, -0.25) is 0 Å². The maximum atomic E-state index is 6.26. The van der Waals surface area contributed by atoms with Crippen molar-refractivity contribution in [1.82, 2.24) is 9.78 Å². The molecule has 0 atom stereocenters. The molecule has 150 valence electrons. The Morgan fingerprint density at radius 3 is 2.17 bits per heavy atom. The summed E-state index contributed by atoms with van der Waals surface area (Å²) in [6.07, 6.45) is 0. The quantitative estimate of drug-likeness (QED) is 0.458. The molecule has 4 aromatic rings. The lowest BCUT2D eigenvalue weighted by atomic mass is 9.78. The van der Waals surface area contributed by atoms with Crippen LogP contribution in [-0.2, 0) is 9.31 Å². The number of nitrogens with zero attached hydrogens (tertiary/aromatic N) is 2. The first kappa shape index (κ1) is 19.1.